The number of nitrogens with one attached hydrogen (secondary N) is 2. The van der Waals surface area contributed by atoms with E-state index in [9.17, 15) is 18.0 Å². The van der Waals surface area contributed by atoms with Gasteiger partial charge in [-0.15, -0.1) is 0 Å². The lowest BCUT2D eigenvalue weighted by Gasteiger charge is -2.29. The fourth-order valence-electron chi connectivity index (χ4n) is 4.17. The first kappa shape index (κ1) is 27.6. The van der Waals surface area contributed by atoms with Gasteiger partial charge in [-0.3, -0.25) is 9.59 Å². The molecule has 4 rings (SSSR count). The highest BCUT2D eigenvalue weighted by atomic mass is 35.5. The fraction of sp³-hybridized carbons (Fsp3) is 0.286. The number of carbonyl (C=O) groups is 2. The molecular formula is C28H30ClN3O5S. The van der Waals surface area contributed by atoms with Gasteiger partial charge in [0, 0.05) is 24.7 Å². The summed E-state index contributed by atoms with van der Waals surface area (Å²) < 4.78 is 34.1. The predicted molar refractivity (Wildman–Crippen MR) is 145 cm³/mol. The Hall–Kier alpha value is -3.40. The summed E-state index contributed by atoms with van der Waals surface area (Å²) in [5.74, 6) is -0.0815. The number of nitrogens with zero attached hydrogens (tertiary/aromatic N) is 1. The number of amides is 2. The van der Waals surface area contributed by atoms with E-state index in [1.807, 2.05) is 30.3 Å². The van der Waals surface area contributed by atoms with Crippen molar-refractivity contribution in [1.82, 2.24) is 14.9 Å². The van der Waals surface area contributed by atoms with Crippen molar-refractivity contribution in [2.24, 2.45) is 0 Å². The summed E-state index contributed by atoms with van der Waals surface area (Å²) in [6, 6.07) is 21.5. The third-order valence-corrected chi connectivity index (χ3v) is 8.36. The second-order valence-corrected chi connectivity index (χ2v) is 11.3. The Balaban J connectivity index is 1.44. The summed E-state index contributed by atoms with van der Waals surface area (Å²) in [6.45, 7) is 0.788. The molecule has 0 unspecified atom stereocenters. The maximum absolute atomic E-state index is 13.6. The molecule has 3 aromatic carbocycles. The molecule has 0 radical (unpaired) electrons. The van der Waals surface area contributed by atoms with E-state index in [2.05, 4.69) is 10.6 Å². The smallest absolute Gasteiger partial charge is 0.258 e. The van der Waals surface area contributed by atoms with Crippen LogP contribution in [0.3, 0.4) is 0 Å². The molecule has 2 N–H and O–H groups in total. The Labute approximate surface area is 228 Å². The summed E-state index contributed by atoms with van der Waals surface area (Å²) in [7, 11) is -4.00. The summed E-state index contributed by atoms with van der Waals surface area (Å²) in [4.78, 5) is 25.0. The third-order valence-electron chi connectivity index (χ3n) is 6.24. The molecule has 1 saturated heterocycles. The van der Waals surface area contributed by atoms with Crippen LogP contribution in [-0.4, -0.2) is 43.7 Å². The second-order valence-electron chi connectivity index (χ2n) is 9.00. The standard InChI is InChI=1S/C28H30ClN3O5S/c29-23-11-15-25(16-12-23)38(35,36)32(26-8-4-5-17-30-28(26)34)19-22-9-13-24(14-10-22)37-20-27(33)31-18-21-6-2-1-3-7-21/h1-3,6-7,9-16,26H,4-5,8,17-20H2,(H,30,34)(H,31,33)/t26-/m1/s1. The normalized spacial score (nSPS) is 15.9. The van der Waals surface area contributed by atoms with E-state index in [1.54, 1.807) is 24.3 Å². The van der Waals surface area contributed by atoms with Gasteiger partial charge >= 0.3 is 0 Å². The highest BCUT2D eigenvalue weighted by molar-refractivity contribution is 7.89. The van der Waals surface area contributed by atoms with Crippen molar-refractivity contribution in [2.75, 3.05) is 13.2 Å². The van der Waals surface area contributed by atoms with Crippen molar-refractivity contribution in [3.63, 3.8) is 0 Å². The van der Waals surface area contributed by atoms with Crippen LogP contribution >= 0.6 is 11.6 Å². The first-order valence-corrected chi connectivity index (χ1v) is 14.2. The quantitative estimate of drug-likeness (QED) is 0.395. The number of halogens is 1. The van der Waals surface area contributed by atoms with Gasteiger partial charge in [0.25, 0.3) is 5.91 Å². The third kappa shape index (κ3) is 7.34. The molecule has 0 bridgehead atoms. The second kappa shape index (κ2) is 12.9. The highest BCUT2D eigenvalue weighted by Crippen LogP contribution is 2.26. The van der Waals surface area contributed by atoms with Crippen LogP contribution in [0.4, 0.5) is 0 Å². The molecule has 1 aliphatic rings. The summed E-state index contributed by atoms with van der Waals surface area (Å²) >= 11 is 5.96. The van der Waals surface area contributed by atoms with Crippen molar-refractivity contribution in [1.29, 1.82) is 0 Å². The first-order valence-electron chi connectivity index (χ1n) is 12.4. The van der Waals surface area contributed by atoms with E-state index in [-0.39, 0.29) is 29.9 Å². The zero-order valence-corrected chi connectivity index (χ0v) is 22.4. The molecule has 0 aliphatic carbocycles. The molecule has 1 aliphatic heterocycles. The lowest BCUT2D eigenvalue weighted by Crippen LogP contribution is -2.48. The van der Waals surface area contributed by atoms with E-state index in [1.165, 1.54) is 28.6 Å². The van der Waals surface area contributed by atoms with Gasteiger partial charge in [-0.1, -0.05) is 54.1 Å². The zero-order chi connectivity index (χ0) is 27.0. The summed E-state index contributed by atoms with van der Waals surface area (Å²) in [6.07, 6.45) is 1.95. The van der Waals surface area contributed by atoms with Gasteiger partial charge in [0.1, 0.15) is 11.8 Å². The van der Waals surface area contributed by atoms with Gasteiger partial charge in [-0.05, 0) is 66.8 Å². The Kier molecular flexibility index (Phi) is 9.38. The van der Waals surface area contributed by atoms with Crippen molar-refractivity contribution < 1.29 is 22.7 Å². The maximum atomic E-state index is 13.6. The summed E-state index contributed by atoms with van der Waals surface area (Å²) in [5, 5.41) is 6.05. The molecule has 8 nitrogen and oxygen atoms in total. The van der Waals surface area contributed by atoms with E-state index in [0.717, 1.165) is 18.4 Å². The molecule has 1 atom stereocenters. The van der Waals surface area contributed by atoms with Crippen LogP contribution in [-0.2, 0) is 32.7 Å². The molecule has 38 heavy (non-hydrogen) atoms. The lowest BCUT2D eigenvalue weighted by atomic mass is 10.1. The molecule has 3 aromatic rings. The zero-order valence-electron chi connectivity index (χ0n) is 20.8. The Morgan fingerprint density at radius 3 is 2.39 bits per heavy atom. The Morgan fingerprint density at radius 1 is 0.974 bits per heavy atom. The number of carbonyl (C=O) groups excluding carboxylic acids is 2. The van der Waals surface area contributed by atoms with Crippen molar-refractivity contribution >= 4 is 33.4 Å². The summed E-state index contributed by atoms with van der Waals surface area (Å²) in [5.41, 5.74) is 1.67. The largest absolute Gasteiger partial charge is 0.484 e. The average molecular weight is 556 g/mol. The van der Waals surface area contributed by atoms with Crippen LogP contribution in [0.2, 0.25) is 5.02 Å². The molecule has 1 fully saturated rings. The highest BCUT2D eigenvalue weighted by Gasteiger charge is 2.36. The topological polar surface area (TPSA) is 105 Å². The fourth-order valence-corrected chi connectivity index (χ4v) is 5.90. The number of rotatable bonds is 10. The van der Waals surface area contributed by atoms with Crippen LogP contribution < -0.4 is 15.4 Å². The van der Waals surface area contributed by atoms with Crippen molar-refractivity contribution in [3.05, 3.63) is 95.0 Å². The minimum absolute atomic E-state index is 0.000881. The van der Waals surface area contributed by atoms with Crippen LogP contribution in [0.15, 0.2) is 83.8 Å². The SMILES string of the molecule is O=C(COc1ccc(CN([C@@H]2CCCCNC2=O)S(=O)(=O)c2ccc(Cl)cc2)cc1)NCc1ccccc1. The molecule has 2 amide bonds. The number of sulfonamides is 1. The van der Waals surface area contributed by atoms with Gasteiger partial charge in [-0.25, -0.2) is 8.42 Å². The van der Waals surface area contributed by atoms with Gasteiger partial charge < -0.3 is 15.4 Å². The molecule has 10 heteroatoms. The van der Waals surface area contributed by atoms with Gasteiger partial charge in [0.2, 0.25) is 15.9 Å². The predicted octanol–water partition coefficient (Wildman–Crippen LogP) is 3.89. The number of hydrogen-bond donors (Lipinski definition) is 2. The lowest BCUT2D eigenvalue weighted by molar-refractivity contribution is -0.125. The Morgan fingerprint density at radius 2 is 1.68 bits per heavy atom. The average Bonchev–Trinajstić information content (AvgIpc) is 3.14. The molecule has 1 heterocycles. The first-order chi connectivity index (χ1) is 18.3. The molecule has 200 valence electrons. The minimum Gasteiger partial charge on any atom is -0.484 e. The Bertz CT molecular complexity index is 1330. The van der Waals surface area contributed by atoms with Crippen LogP contribution in [0, 0.1) is 0 Å². The van der Waals surface area contributed by atoms with E-state index in [0.29, 0.717) is 35.8 Å². The molecular weight excluding hydrogens is 526 g/mol. The number of benzene rings is 3. The van der Waals surface area contributed by atoms with E-state index < -0.39 is 16.1 Å². The number of hydrogen-bond acceptors (Lipinski definition) is 5. The molecule has 0 saturated carbocycles. The van der Waals surface area contributed by atoms with Gasteiger partial charge in [0.15, 0.2) is 6.61 Å². The van der Waals surface area contributed by atoms with Gasteiger partial charge in [0.05, 0.1) is 4.90 Å². The van der Waals surface area contributed by atoms with Gasteiger partial charge in [-0.2, -0.15) is 4.31 Å². The van der Waals surface area contributed by atoms with E-state index >= 15 is 0 Å². The molecule has 0 aromatic heterocycles. The minimum atomic E-state index is -4.00. The van der Waals surface area contributed by atoms with Crippen molar-refractivity contribution in [3.8, 4) is 5.75 Å². The maximum Gasteiger partial charge on any atom is 0.258 e. The monoisotopic (exact) mass is 555 g/mol. The number of ether oxygens (including phenoxy) is 1. The van der Waals surface area contributed by atoms with Crippen molar-refractivity contribution in [2.45, 2.75) is 43.3 Å². The van der Waals surface area contributed by atoms with Crippen LogP contribution in [0.1, 0.15) is 30.4 Å². The van der Waals surface area contributed by atoms with E-state index in [4.69, 9.17) is 16.3 Å². The van der Waals surface area contributed by atoms with Crippen LogP contribution in [0.25, 0.3) is 0 Å². The molecule has 0 spiro atoms. The van der Waals surface area contributed by atoms with Crippen LogP contribution in [0.5, 0.6) is 5.75 Å².